The molecule has 5 heteroatoms. The fourth-order valence-electron chi connectivity index (χ4n) is 3.47. The Morgan fingerprint density at radius 3 is 2.27 bits per heavy atom. The Balaban J connectivity index is 1.63. The Kier molecular flexibility index (Phi) is 3.89. The van der Waals surface area contributed by atoms with E-state index in [1.165, 1.54) is 12.1 Å². The highest BCUT2D eigenvalue weighted by Gasteiger charge is 2.43. The highest BCUT2D eigenvalue weighted by Crippen LogP contribution is 2.43. The number of carboxylic acid groups (broad SMARTS) is 1. The molecule has 1 amide bonds. The summed E-state index contributed by atoms with van der Waals surface area (Å²) < 4.78 is 13.1. The van der Waals surface area contributed by atoms with Crippen LogP contribution in [0.2, 0.25) is 0 Å². The van der Waals surface area contributed by atoms with Gasteiger partial charge in [-0.1, -0.05) is 18.6 Å². The van der Waals surface area contributed by atoms with Gasteiger partial charge in [0.25, 0.3) is 0 Å². The van der Waals surface area contributed by atoms with Gasteiger partial charge in [-0.3, -0.25) is 9.59 Å². The normalized spacial score (nSPS) is 25.7. The molecule has 0 spiro atoms. The predicted molar refractivity (Wildman–Crippen MR) is 78.8 cm³/mol. The van der Waals surface area contributed by atoms with Crippen LogP contribution in [0.3, 0.4) is 0 Å². The SMILES string of the molecule is O=C(O)C1CCC1C(=O)NCC1(c2ccc(F)cc2)CCC1. The van der Waals surface area contributed by atoms with E-state index in [4.69, 9.17) is 5.11 Å². The molecule has 2 atom stereocenters. The lowest BCUT2D eigenvalue weighted by Crippen LogP contribution is -2.50. The second kappa shape index (κ2) is 5.71. The van der Waals surface area contributed by atoms with Crippen LogP contribution in [0.1, 0.15) is 37.7 Å². The summed E-state index contributed by atoms with van der Waals surface area (Å²) in [6, 6.07) is 6.46. The van der Waals surface area contributed by atoms with E-state index in [2.05, 4.69) is 5.32 Å². The summed E-state index contributed by atoms with van der Waals surface area (Å²) in [7, 11) is 0. The van der Waals surface area contributed by atoms with Gasteiger partial charge in [0, 0.05) is 12.0 Å². The molecule has 22 heavy (non-hydrogen) atoms. The molecule has 2 saturated carbocycles. The van der Waals surface area contributed by atoms with Crippen LogP contribution in [0.4, 0.5) is 4.39 Å². The highest BCUT2D eigenvalue weighted by molar-refractivity contribution is 5.86. The van der Waals surface area contributed by atoms with E-state index in [0.717, 1.165) is 24.8 Å². The molecule has 1 aromatic rings. The number of halogens is 1. The number of nitrogens with one attached hydrogen (secondary N) is 1. The lowest BCUT2D eigenvalue weighted by molar-refractivity contribution is -0.152. The molecule has 2 N–H and O–H groups in total. The molecule has 2 aliphatic rings. The van der Waals surface area contributed by atoms with Crippen molar-refractivity contribution in [3.05, 3.63) is 35.6 Å². The number of carbonyl (C=O) groups is 2. The number of benzene rings is 1. The Hall–Kier alpha value is -1.91. The van der Waals surface area contributed by atoms with Crippen molar-refractivity contribution in [2.24, 2.45) is 11.8 Å². The zero-order chi connectivity index (χ0) is 15.7. The van der Waals surface area contributed by atoms with Gasteiger partial charge in [-0.15, -0.1) is 0 Å². The van der Waals surface area contributed by atoms with Crippen LogP contribution in [0.25, 0.3) is 0 Å². The van der Waals surface area contributed by atoms with Crippen molar-refractivity contribution in [3.63, 3.8) is 0 Å². The molecule has 0 aliphatic heterocycles. The molecule has 0 saturated heterocycles. The van der Waals surface area contributed by atoms with Gasteiger partial charge >= 0.3 is 5.97 Å². The quantitative estimate of drug-likeness (QED) is 0.878. The first-order valence-corrected chi connectivity index (χ1v) is 7.78. The maximum atomic E-state index is 13.1. The maximum absolute atomic E-state index is 13.1. The van der Waals surface area contributed by atoms with Gasteiger partial charge in [0.2, 0.25) is 5.91 Å². The smallest absolute Gasteiger partial charge is 0.307 e. The summed E-state index contributed by atoms with van der Waals surface area (Å²) in [4.78, 5) is 23.2. The van der Waals surface area contributed by atoms with Gasteiger partial charge in [-0.2, -0.15) is 0 Å². The molecule has 0 heterocycles. The average Bonchev–Trinajstić information content (AvgIpc) is 2.37. The first kappa shape index (κ1) is 15.0. The van der Waals surface area contributed by atoms with Crippen molar-refractivity contribution in [2.75, 3.05) is 6.54 Å². The largest absolute Gasteiger partial charge is 0.481 e. The molecule has 2 unspecified atom stereocenters. The number of aliphatic carboxylic acids is 1. The number of hydrogen-bond donors (Lipinski definition) is 2. The van der Waals surface area contributed by atoms with E-state index in [9.17, 15) is 14.0 Å². The van der Waals surface area contributed by atoms with Gasteiger partial charge in [0.1, 0.15) is 5.82 Å². The third-order valence-electron chi connectivity index (χ3n) is 5.30. The van der Waals surface area contributed by atoms with Crippen molar-refractivity contribution in [1.82, 2.24) is 5.32 Å². The number of carboxylic acids is 1. The molecule has 1 aromatic carbocycles. The summed E-state index contributed by atoms with van der Waals surface area (Å²) in [5.41, 5.74) is 0.926. The molecule has 0 radical (unpaired) electrons. The Bertz CT molecular complexity index is 580. The van der Waals surface area contributed by atoms with E-state index in [1.807, 2.05) is 0 Å². The van der Waals surface area contributed by atoms with Crippen LogP contribution in [-0.4, -0.2) is 23.5 Å². The lowest BCUT2D eigenvalue weighted by Gasteiger charge is -2.43. The molecule has 4 nitrogen and oxygen atoms in total. The third kappa shape index (κ3) is 2.60. The maximum Gasteiger partial charge on any atom is 0.307 e. The van der Waals surface area contributed by atoms with E-state index < -0.39 is 17.8 Å². The molecular formula is C17H20FNO3. The minimum Gasteiger partial charge on any atom is -0.481 e. The molecule has 118 valence electrons. The minimum absolute atomic E-state index is 0.119. The Labute approximate surface area is 128 Å². The van der Waals surface area contributed by atoms with Crippen molar-refractivity contribution >= 4 is 11.9 Å². The molecule has 0 aromatic heterocycles. The number of carbonyl (C=O) groups excluding carboxylic acids is 1. The monoisotopic (exact) mass is 305 g/mol. The van der Waals surface area contributed by atoms with Gasteiger partial charge in [-0.25, -0.2) is 4.39 Å². The fraction of sp³-hybridized carbons (Fsp3) is 0.529. The summed E-state index contributed by atoms with van der Waals surface area (Å²) >= 11 is 0. The molecular weight excluding hydrogens is 285 g/mol. The zero-order valence-corrected chi connectivity index (χ0v) is 12.3. The lowest BCUT2D eigenvalue weighted by atomic mass is 9.64. The Morgan fingerprint density at radius 1 is 1.18 bits per heavy atom. The summed E-state index contributed by atoms with van der Waals surface area (Å²) in [6.45, 7) is 0.500. The first-order valence-electron chi connectivity index (χ1n) is 7.78. The number of amides is 1. The summed E-state index contributed by atoms with van der Waals surface area (Å²) in [6.07, 6.45) is 4.25. The second-order valence-electron chi connectivity index (χ2n) is 6.49. The van der Waals surface area contributed by atoms with E-state index in [1.54, 1.807) is 12.1 Å². The summed E-state index contributed by atoms with van der Waals surface area (Å²) in [5, 5.41) is 12.0. The van der Waals surface area contributed by atoms with Crippen LogP contribution in [0.15, 0.2) is 24.3 Å². The number of rotatable bonds is 5. The minimum atomic E-state index is -0.886. The standard InChI is InChI=1S/C17H20FNO3/c18-12-4-2-11(3-5-12)17(8-1-9-17)10-19-15(20)13-6-7-14(13)16(21)22/h2-5,13-14H,1,6-10H2,(H,19,20)(H,21,22). The van der Waals surface area contributed by atoms with Crippen molar-refractivity contribution in [3.8, 4) is 0 Å². The van der Waals surface area contributed by atoms with E-state index >= 15 is 0 Å². The van der Waals surface area contributed by atoms with Gasteiger partial charge in [-0.05, 0) is 43.4 Å². The fourth-order valence-corrected chi connectivity index (χ4v) is 3.47. The van der Waals surface area contributed by atoms with Crippen LogP contribution in [0, 0.1) is 17.7 Å². The second-order valence-corrected chi connectivity index (χ2v) is 6.49. The predicted octanol–water partition coefficient (Wildman–Crippen LogP) is 2.47. The summed E-state index contributed by atoms with van der Waals surface area (Å²) in [5.74, 6) is -2.25. The zero-order valence-electron chi connectivity index (χ0n) is 12.3. The van der Waals surface area contributed by atoms with E-state index in [0.29, 0.717) is 19.4 Å². The van der Waals surface area contributed by atoms with E-state index in [-0.39, 0.29) is 17.1 Å². The van der Waals surface area contributed by atoms with Crippen LogP contribution < -0.4 is 5.32 Å². The average molecular weight is 305 g/mol. The highest BCUT2D eigenvalue weighted by atomic mass is 19.1. The van der Waals surface area contributed by atoms with Gasteiger partial charge in [0.15, 0.2) is 0 Å². The van der Waals surface area contributed by atoms with Crippen molar-refractivity contribution in [1.29, 1.82) is 0 Å². The number of hydrogen-bond acceptors (Lipinski definition) is 2. The van der Waals surface area contributed by atoms with Crippen molar-refractivity contribution < 1.29 is 19.1 Å². The molecule has 2 aliphatic carbocycles. The molecule has 2 fully saturated rings. The topological polar surface area (TPSA) is 66.4 Å². The van der Waals surface area contributed by atoms with Gasteiger partial charge in [0.05, 0.1) is 11.8 Å². The Morgan fingerprint density at radius 2 is 1.82 bits per heavy atom. The van der Waals surface area contributed by atoms with Crippen molar-refractivity contribution in [2.45, 2.75) is 37.5 Å². The van der Waals surface area contributed by atoms with Crippen LogP contribution >= 0.6 is 0 Å². The molecule has 3 rings (SSSR count). The first-order chi connectivity index (χ1) is 10.5. The third-order valence-corrected chi connectivity index (χ3v) is 5.30. The van der Waals surface area contributed by atoms with Crippen LogP contribution in [0.5, 0.6) is 0 Å². The van der Waals surface area contributed by atoms with Gasteiger partial charge < -0.3 is 10.4 Å². The molecule has 0 bridgehead atoms. The van der Waals surface area contributed by atoms with Crippen LogP contribution in [-0.2, 0) is 15.0 Å².